The van der Waals surface area contributed by atoms with Gasteiger partial charge in [0.05, 0.1) is 23.0 Å². The average molecular weight is 429 g/mol. The molecule has 2 heterocycles. The van der Waals surface area contributed by atoms with E-state index in [1.165, 1.54) is 0 Å². The minimum Gasteiger partial charge on any atom is -0.386 e. The summed E-state index contributed by atoms with van der Waals surface area (Å²) in [6.07, 6.45) is -1.34. The molecule has 1 aromatic heterocycles. The predicted molar refractivity (Wildman–Crippen MR) is 101 cm³/mol. The van der Waals surface area contributed by atoms with Gasteiger partial charge >= 0.3 is 6.18 Å². The van der Waals surface area contributed by atoms with Crippen LogP contribution in [0, 0.1) is 11.6 Å². The Labute approximate surface area is 170 Å². The fourth-order valence-corrected chi connectivity index (χ4v) is 3.37. The molecule has 2 atom stereocenters. The van der Waals surface area contributed by atoms with Gasteiger partial charge < -0.3 is 10.6 Å². The molecule has 0 bridgehead atoms. The van der Waals surface area contributed by atoms with Crippen molar-refractivity contribution in [2.45, 2.75) is 51.6 Å². The zero-order valence-electron chi connectivity index (χ0n) is 16.4. The summed E-state index contributed by atoms with van der Waals surface area (Å²) in [6.45, 7) is 2.42. The van der Waals surface area contributed by atoms with Gasteiger partial charge in [0.2, 0.25) is 0 Å². The minimum absolute atomic E-state index is 0.0230. The molecule has 0 fully saturated rings. The highest BCUT2D eigenvalue weighted by atomic mass is 19.4. The third-order valence-electron chi connectivity index (χ3n) is 5.03. The maximum atomic E-state index is 14.7. The van der Waals surface area contributed by atoms with Crippen LogP contribution in [-0.4, -0.2) is 11.0 Å². The molecule has 9 heteroatoms. The molecule has 0 saturated heterocycles. The summed E-state index contributed by atoms with van der Waals surface area (Å²) in [7, 11) is 0. The van der Waals surface area contributed by atoms with Crippen molar-refractivity contribution in [3.8, 4) is 11.3 Å². The molecule has 2 aromatic rings. The number of pyridine rings is 1. The summed E-state index contributed by atoms with van der Waals surface area (Å²) in [6, 6.07) is 2.56. The number of rotatable bonds is 6. The third-order valence-corrected chi connectivity index (χ3v) is 5.03. The Kier molecular flexibility index (Phi) is 6.28. The summed E-state index contributed by atoms with van der Waals surface area (Å²) >= 11 is 0. The van der Waals surface area contributed by atoms with Crippen molar-refractivity contribution in [2.75, 3.05) is 0 Å². The molecule has 0 aliphatic carbocycles. The Morgan fingerprint density at radius 2 is 1.90 bits per heavy atom. The van der Waals surface area contributed by atoms with Crippen LogP contribution >= 0.6 is 0 Å². The smallest absolute Gasteiger partial charge is 0.386 e. The van der Waals surface area contributed by atoms with Crippen molar-refractivity contribution < 1.29 is 26.3 Å². The van der Waals surface area contributed by atoms with E-state index >= 15 is 0 Å². The van der Waals surface area contributed by atoms with Crippen LogP contribution in [-0.2, 0) is 12.9 Å². The van der Waals surface area contributed by atoms with E-state index in [-0.39, 0.29) is 11.6 Å². The fourth-order valence-electron chi connectivity index (χ4n) is 3.37. The monoisotopic (exact) mass is 429 g/mol. The summed E-state index contributed by atoms with van der Waals surface area (Å²) < 4.78 is 81.6. The van der Waals surface area contributed by atoms with E-state index in [1.807, 2.05) is 6.92 Å². The molecule has 1 aromatic carbocycles. The molecule has 1 aliphatic rings. The van der Waals surface area contributed by atoms with Crippen LogP contribution in [0.2, 0.25) is 0 Å². The lowest BCUT2D eigenvalue weighted by Gasteiger charge is -2.19. The highest BCUT2D eigenvalue weighted by Gasteiger charge is 2.32. The summed E-state index contributed by atoms with van der Waals surface area (Å²) in [5.74, 6) is -1.74. The minimum atomic E-state index is -4.77. The topological polar surface area (TPSA) is 37.0 Å². The summed E-state index contributed by atoms with van der Waals surface area (Å²) in [5.41, 5.74) is -1.75. The number of aromatic nitrogens is 1. The second-order valence-corrected chi connectivity index (χ2v) is 7.23. The molecular formula is C21H21F6N3. The number of halogens is 6. The number of hydrogen-bond donors (Lipinski definition) is 2. The maximum Gasteiger partial charge on any atom is 0.416 e. The molecule has 3 nitrogen and oxygen atoms in total. The first kappa shape index (κ1) is 22.0. The van der Waals surface area contributed by atoms with Gasteiger partial charge in [-0.3, -0.25) is 0 Å². The van der Waals surface area contributed by atoms with Crippen molar-refractivity contribution in [2.24, 2.45) is 0 Å². The molecule has 1 aliphatic heterocycles. The van der Waals surface area contributed by atoms with Crippen LogP contribution in [0.4, 0.5) is 26.3 Å². The van der Waals surface area contributed by atoms with Crippen LogP contribution in [0.15, 0.2) is 36.2 Å². The molecule has 1 unspecified atom stereocenters. The quantitative estimate of drug-likeness (QED) is 0.572. The SMILES string of the molecule is CC[C@H]1CC(NC(C)c2cc(F)c(-c3cc(C(F)(F)F)cc(CF)n3)cc2F)=CN1. The number of benzene rings is 1. The molecular weight excluding hydrogens is 408 g/mol. The van der Waals surface area contributed by atoms with Crippen molar-refractivity contribution in [1.29, 1.82) is 0 Å². The Balaban J connectivity index is 1.92. The van der Waals surface area contributed by atoms with Crippen molar-refractivity contribution in [3.05, 3.63) is 64.6 Å². The van der Waals surface area contributed by atoms with E-state index in [0.29, 0.717) is 12.1 Å². The number of nitrogens with one attached hydrogen (secondary N) is 2. The number of hydrogen-bond acceptors (Lipinski definition) is 3. The van der Waals surface area contributed by atoms with E-state index in [1.54, 1.807) is 13.1 Å². The number of alkyl halides is 4. The van der Waals surface area contributed by atoms with E-state index < -0.39 is 53.0 Å². The maximum absolute atomic E-state index is 14.7. The highest BCUT2D eigenvalue weighted by Crippen LogP contribution is 2.34. The zero-order chi connectivity index (χ0) is 22.1. The van der Waals surface area contributed by atoms with Gasteiger partial charge in [-0.1, -0.05) is 6.92 Å². The normalized spacial score (nSPS) is 17.5. The first-order valence-electron chi connectivity index (χ1n) is 9.47. The van der Waals surface area contributed by atoms with Gasteiger partial charge in [-0.25, -0.2) is 18.2 Å². The summed E-state index contributed by atoms with van der Waals surface area (Å²) in [4.78, 5) is 3.70. The second-order valence-electron chi connectivity index (χ2n) is 7.23. The van der Waals surface area contributed by atoms with Crippen molar-refractivity contribution in [3.63, 3.8) is 0 Å². The van der Waals surface area contributed by atoms with Gasteiger partial charge in [-0.15, -0.1) is 0 Å². The van der Waals surface area contributed by atoms with Gasteiger partial charge in [0.25, 0.3) is 0 Å². The van der Waals surface area contributed by atoms with Gasteiger partial charge in [-0.2, -0.15) is 13.2 Å². The molecule has 0 amide bonds. The Morgan fingerprint density at radius 1 is 1.17 bits per heavy atom. The summed E-state index contributed by atoms with van der Waals surface area (Å²) in [5, 5.41) is 6.29. The lowest BCUT2D eigenvalue weighted by atomic mass is 10.0. The molecule has 0 saturated carbocycles. The first-order valence-corrected chi connectivity index (χ1v) is 9.47. The van der Waals surface area contributed by atoms with Crippen molar-refractivity contribution in [1.82, 2.24) is 15.6 Å². The average Bonchev–Trinajstić information content (AvgIpc) is 3.15. The van der Waals surface area contributed by atoms with Gasteiger partial charge in [0, 0.05) is 35.5 Å². The lowest BCUT2D eigenvalue weighted by molar-refractivity contribution is -0.137. The standard InChI is InChI=1S/C21H21F6N3/c1-3-13-6-15(10-28-13)29-11(2)16-7-19(24)17(8-18(16)23)20-5-12(21(25,26)27)4-14(9-22)30-20/h4-5,7-8,10-11,13,28-29H,3,6,9H2,1-2H3/t11?,13-/m0/s1. The third kappa shape index (κ3) is 4.71. The Bertz CT molecular complexity index is 954. The molecule has 30 heavy (non-hydrogen) atoms. The van der Waals surface area contributed by atoms with Crippen LogP contribution < -0.4 is 10.6 Å². The fraction of sp³-hybridized carbons (Fsp3) is 0.381. The van der Waals surface area contributed by atoms with Gasteiger partial charge in [-0.05, 0) is 37.6 Å². The van der Waals surface area contributed by atoms with E-state index in [4.69, 9.17) is 0 Å². The van der Waals surface area contributed by atoms with E-state index in [2.05, 4.69) is 15.6 Å². The van der Waals surface area contributed by atoms with Crippen molar-refractivity contribution >= 4 is 0 Å². The van der Waals surface area contributed by atoms with Gasteiger partial charge in [0.1, 0.15) is 18.3 Å². The van der Waals surface area contributed by atoms with Crippen LogP contribution in [0.1, 0.15) is 49.6 Å². The highest BCUT2D eigenvalue weighted by molar-refractivity contribution is 5.62. The first-order chi connectivity index (χ1) is 14.1. The number of nitrogens with zero attached hydrogens (tertiary/aromatic N) is 1. The van der Waals surface area contributed by atoms with E-state index in [0.717, 1.165) is 30.7 Å². The van der Waals surface area contributed by atoms with Gasteiger partial charge in [0.15, 0.2) is 0 Å². The molecule has 162 valence electrons. The lowest BCUT2D eigenvalue weighted by Crippen LogP contribution is -2.20. The predicted octanol–water partition coefficient (Wildman–Crippen LogP) is 5.78. The molecule has 0 spiro atoms. The second kappa shape index (κ2) is 8.57. The van der Waals surface area contributed by atoms with Crippen LogP contribution in [0.5, 0.6) is 0 Å². The van der Waals surface area contributed by atoms with Crippen LogP contribution in [0.3, 0.4) is 0 Å². The Morgan fingerprint density at radius 3 is 2.50 bits per heavy atom. The molecule has 3 rings (SSSR count). The van der Waals surface area contributed by atoms with E-state index in [9.17, 15) is 26.3 Å². The largest absolute Gasteiger partial charge is 0.416 e. The molecule has 2 N–H and O–H groups in total. The Hall–Kier alpha value is -2.71. The zero-order valence-corrected chi connectivity index (χ0v) is 16.4. The molecule has 0 radical (unpaired) electrons. The van der Waals surface area contributed by atoms with Crippen LogP contribution in [0.25, 0.3) is 11.3 Å².